The van der Waals surface area contributed by atoms with Gasteiger partial charge in [0.2, 0.25) is 0 Å². The molecule has 0 fully saturated rings. The number of nitrogens with zero attached hydrogens (tertiary/aromatic N) is 1. The van der Waals surface area contributed by atoms with Crippen LogP contribution >= 0.6 is 11.3 Å². The topological polar surface area (TPSA) is 12.9 Å². The maximum absolute atomic E-state index is 5.71. The van der Waals surface area contributed by atoms with E-state index in [1.165, 1.54) is 22.3 Å². The number of benzene rings is 3. The first-order chi connectivity index (χ1) is 14.6. The molecule has 1 aromatic heterocycles. The Morgan fingerprint density at radius 2 is 1.47 bits per heavy atom. The summed E-state index contributed by atoms with van der Waals surface area (Å²) in [5.41, 5.74) is 9.35. The summed E-state index contributed by atoms with van der Waals surface area (Å²) in [5, 5.41) is 1.03. The number of thiazole rings is 1. The van der Waals surface area contributed by atoms with E-state index >= 15 is 0 Å². The Morgan fingerprint density at radius 1 is 0.833 bits per heavy atom. The van der Waals surface area contributed by atoms with Gasteiger partial charge in [-0.15, -0.1) is 24.2 Å². The molecule has 0 spiro atoms. The van der Waals surface area contributed by atoms with Crippen molar-refractivity contribution in [3.05, 3.63) is 76.9 Å². The first kappa shape index (κ1) is 18.7. The lowest BCUT2D eigenvalue weighted by atomic mass is 9.73. The molecule has 0 aliphatic heterocycles. The zero-order chi connectivity index (χ0) is 20.9. The van der Waals surface area contributed by atoms with E-state index in [0.29, 0.717) is 0 Å². The molecule has 1 heterocycles. The average molecular weight is 404 g/mol. The predicted molar refractivity (Wildman–Crippen MR) is 128 cm³/mol. The van der Waals surface area contributed by atoms with Crippen LogP contribution in [0.2, 0.25) is 0 Å². The molecule has 30 heavy (non-hydrogen) atoms. The summed E-state index contributed by atoms with van der Waals surface area (Å²) in [6, 6.07) is 19.3. The molecule has 0 saturated heterocycles. The van der Waals surface area contributed by atoms with Crippen LogP contribution in [0, 0.1) is 24.7 Å². The molecule has 1 aliphatic rings. The van der Waals surface area contributed by atoms with Crippen molar-refractivity contribution in [1.82, 2.24) is 4.98 Å². The summed E-state index contributed by atoms with van der Waals surface area (Å²) in [7, 11) is 0. The lowest BCUT2D eigenvalue weighted by molar-refractivity contribution is 0.490. The molecule has 4 aromatic rings. The molecule has 2 heteroatoms. The van der Waals surface area contributed by atoms with Gasteiger partial charge in [-0.1, -0.05) is 43.9 Å². The van der Waals surface area contributed by atoms with Crippen LogP contribution in [0.4, 0.5) is 0 Å². The largest absolute Gasteiger partial charge is 0.236 e. The Hall–Kier alpha value is -3.33. The number of hydrogen-bond acceptors (Lipinski definition) is 2. The predicted octanol–water partition coefficient (Wildman–Crippen LogP) is 7.01. The van der Waals surface area contributed by atoms with Crippen molar-refractivity contribution >= 4 is 21.6 Å². The first-order valence-corrected chi connectivity index (χ1v) is 11.1. The third-order valence-corrected chi connectivity index (χ3v) is 7.60. The lowest BCUT2D eigenvalue weighted by Gasteiger charge is -2.30. The highest BCUT2D eigenvalue weighted by Gasteiger charge is 2.40. The van der Waals surface area contributed by atoms with Crippen LogP contribution in [0.5, 0.6) is 0 Å². The number of hydrogen-bond donors (Lipinski definition) is 0. The molecule has 0 N–H and O–H groups in total. The van der Waals surface area contributed by atoms with E-state index in [-0.39, 0.29) is 5.41 Å². The Kier molecular flexibility index (Phi) is 4.28. The number of aromatic nitrogens is 1. The van der Waals surface area contributed by atoms with Crippen molar-refractivity contribution in [3.8, 4) is 46.4 Å². The van der Waals surface area contributed by atoms with Crippen LogP contribution < -0.4 is 0 Å². The second kappa shape index (κ2) is 6.88. The summed E-state index contributed by atoms with van der Waals surface area (Å²) < 4.78 is 1.13. The number of rotatable bonds is 3. The minimum Gasteiger partial charge on any atom is -0.236 e. The van der Waals surface area contributed by atoms with E-state index in [2.05, 4.69) is 62.1 Å². The number of terminal acetylenes is 2. The Labute approximate surface area is 181 Å². The van der Waals surface area contributed by atoms with Crippen molar-refractivity contribution in [2.45, 2.75) is 32.1 Å². The van der Waals surface area contributed by atoms with Crippen molar-refractivity contribution in [2.24, 2.45) is 0 Å². The SMILES string of the molecule is C#Cc1ccc2c(c1)C(CC)(CC)c1cc(-c3nc4ccc(C#C)cc4s3)ccc1-2. The van der Waals surface area contributed by atoms with Gasteiger partial charge in [-0.05, 0) is 71.5 Å². The van der Waals surface area contributed by atoms with E-state index in [9.17, 15) is 0 Å². The summed E-state index contributed by atoms with van der Waals surface area (Å²) in [5.74, 6) is 5.52. The van der Waals surface area contributed by atoms with Gasteiger partial charge < -0.3 is 0 Å². The van der Waals surface area contributed by atoms with Gasteiger partial charge in [-0.25, -0.2) is 4.98 Å². The van der Waals surface area contributed by atoms with Crippen LogP contribution in [-0.4, -0.2) is 4.98 Å². The van der Waals surface area contributed by atoms with Crippen LogP contribution in [0.1, 0.15) is 48.9 Å². The van der Waals surface area contributed by atoms with Gasteiger partial charge in [-0.2, -0.15) is 0 Å². The molecule has 1 aliphatic carbocycles. The molecule has 144 valence electrons. The maximum atomic E-state index is 5.71. The molecule has 3 aromatic carbocycles. The fourth-order valence-electron chi connectivity index (χ4n) is 4.87. The van der Waals surface area contributed by atoms with Crippen molar-refractivity contribution < 1.29 is 0 Å². The van der Waals surface area contributed by atoms with Gasteiger partial charge in [0, 0.05) is 22.1 Å². The standard InChI is InChI=1S/C28H21NS/c1-5-18-9-12-21-22-13-11-20(17-24(22)28(7-3,8-4)23(21)15-18)27-29-25-14-10-19(6-2)16-26(25)30-27/h1-2,9-17H,7-8H2,3-4H3. The molecule has 0 amide bonds. The van der Waals surface area contributed by atoms with Crippen molar-refractivity contribution in [2.75, 3.05) is 0 Å². The lowest BCUT2D eigenvalue weighted by Crippen LogP contribution is -2.23. The third kappa shape index (κ3) is 2.55. The number of fused-ring (bicyclic) bond motifs is 4. The third-order valence-electron chi connectivity index (χ3n) is 6.54. The molecular weight excluding hydrogens is 382 g/mol. The van der Waals surface area contributed by atoms with Gasteiger partial charge in [0.25, 0.3) is 0 Å². The van der Waals surface area contributed by atoms with E-state index in [1.807, 2.05) is 18.2 Å². The zero-order valence-electron chi connectivity index (χ0n) is 17.1. The van der Waals surface area contributed by atoms with E-state index in [0.717, 1.165) is 44.8 Å². The average Bonchev–Trinajstić information content (AvgIpc) is 3.34. The Bertz CT molecular complexity index is 1390. The molecule has 0 unspecified atom stereocenters. The summed E-state index contributed by atoms with van der Waals surface area (Å²) in [6.07, 6.45) is 13.3. The van der Waals surface area contributed by atoms with Gasteiger partial charge in [0.1, 0.15) is 5.01 Å². The van der Waals surface area contributed by atoms with Gasteiger partial charge in [0.15, 0.2) is 0 Å². The quantitative estimate of drug-likeness (QED) is 0.335. The summed E-state index contributed by atoms with van der Waals surface area (Å²) in [4.78, 5) is 4.88. The minimum absolute atomic E-state index is 0.0130. The molecule has 0 radical (unpaired) electrons. The van der Waals surface area contributed by atoms with Gasteiger partial charge in [-0.3, -0.25) is 0 Å². The van der Waals surface area contributed by atoms with Crippen LogP contribution in [-0.2, 0) is 5.41 Å². The van der Waals surface area contributed by atoms with Crippen LogP contribution in [0.15, 0.2) is 54.6 Å². The zero-order valence-corrected chi connectivity index (χ0v) is 17.9. The van der Waals surface area contributed by atoms with Crippen LogP contribution in [0.3, 0.4) is 0 Å². The van der Waals surface area contributed by atoms with Gasteiger partial charge in [0.05, 0.1) is 10.2 Å². The Balaban J connectivity index is 1.70. The summed E-state index contributed by atoms with van der Waals surface area (Å²) in [6.45, 7) is 4.55. The molecular formula is C28H21NS. The molecule has 0 bridgehead atoms. The van der Waals surface area contributed by atoms with E-state index in [4.69, 9.17) is 17.8 Å². The van der Waals surface area contributed by atoms with Gasteiger partial charge >= 0.3 is 0 Å². The van der Waals surface area contributed by atoms with E-state index < -0.39 is 0 Å². The first-order valence-electron chi connectivity index (χ1n) is 10.3. The smallest absolute Gasteiger partial charge is 0.124 e. The molecule has 5 rings (SSSR count). The van der Waals surface area contributed by atoms with Crippen molar-refractivity contribution in [1.29, 1.82) is 0 Å². The second-order valence-corrected chi connectivity index (χ2v) is 8.83. The highest BCUT2D eigenvalue weighted by Crippen LogP contribution is 2.53. The monoisotopic (exact) mass is 403 g/mol. The highest BCUT2D eigenvalue weighted by atomic mass is 32.1. The summed E-state index contributed by atoms with van der Waals surface area (Å²) >= 11 is 1.70. The molecule has 0 atom stereocenters. The van der Waals surface area contributed by atoms with E-state index in [1.54, 1.807) is 11.3 Å². The maximum Gasteiger partial charge on any atom is 0.124 e. The fourth-order valence-corrected chi connectivity index (χ4v) is 5.87. The van der Waals surface area contributed by atoms with Crippen molar-refractivity contribution in [3.63, 3.8) is 0 Å². The second-order valence-electron chi connectivity index (χ2n) is 7.80. The normalized spacial score (nSPS) is 13.5. The molecule has 1 nitrogen and oxygen atoms in total. The van der Waals surface area contributed by atoms with Crippen LogP contribution in [0.25, 0.3) is 31.9 Å². The fraction of sp³-hybridized carbons (Fsp3) is 0.179. The molecule has 0 saturated carbocycles. The minimum atomic E-state index is -0.0130. The highest BCUT2D eigenvalue weighted by molar-refractivity contribution is 7.21. The Morgan fingerprint density at radius 3 is 2.17 bits per heavy atom.